The van der Waals surface area contributed by atoms with Gasteiger partial charge in [-0.1, -0.05) is 24.3 Å². The fourth-order valence-corrected chi connectivity index (χ4v) is 3.91. The Bertz CT molecular complexity index is 983. The average Bonchev–Trinajstić information content (AvgIpc) is 3.16. The van der Waals surface area contributed by atoms with Crippen molar-refractivity contribution in [1.82, 2.24) is 19.8 Å². The van der Waals surface area contributed by atoms with E-state index in [4.69, 9.17) is 0 Å². The van der Waals surface area contributed by atoms with Crippen LogP contribution in [-0.2, 0) is 22.7 Å². The molecule has 1 aromatic carbocycles. The van der Waals surface area contributed by atoms with Crippen molar-refractivity contribution >= 4 is 22.7 Å². The third kappa shape index (κ3) is 4.65. The number of fused-ring (bicyclic) bond motifs is 1. The highest BCUT2D eigenvalue weighted by Gasteiger charge is 2.30. The molecule has 2 aromatic heterocycles. The van der Waals surface area contributed by atoms with E-state index >= 15 is 0 Å². The predicted molar refractivity (Wildman–Crippen MR) is 112 cm³/mol. The molecule has 150 valence electrons. The number of likely N-dealkylation sites (tertiary alicyclic amines) is 1. The maximum atomic E-state index is 12.6. The van der Waals surface area contributed by atoms with Gasteiger partial charge in [0, 0.05) is 44.0 Å². The Balaban J connectivity index is 1.25. The number of carbonyl (C=O) groups excluding carboxylic acids is 2. The summed E-state index contributed by atoms with van der Waals surface area (Å²) in [6.07, 6.45) is 5.72. The largest absolute Gasteiger partial charge is 0.356 e. The Hall–Kier alpha value is -3.15. The quantitative estimate of drug-likeness (QED) is 0.631. The second kappa shape index (κ2) is 8.90. The van der Waals surface area contributed by atoms with Crippen LogP contribution in [-0.4, -0.2) is 39.4 Å². The Morgan fingerprint density at radius 2 is 2.00 bits per heavy atom. The monoisotopic (exact) mass is 390 g/mol. The minimum absolute atomic E-state index is 0.0425. The fraction of sp³-hybridized carbons (Fsp3) is 0.348. The predicted octanol–water partition coefficient (Wildman–Crippen LogP) is 2.98. The lowest BCUT2D eigenvalue weighted by Crippen LogP contribution is -2.45. The molecule has 1 aliphatic rings. The molecule has 4 rings (SSSR count). The lowest BCUT2D eigenvalue weighted by atomic mass is 9.96. The highest BCUT2D eigenvalue weighted by atomic mass is 16.2. The van der Waals surface area contributed by atoms with Crippen LogP contribution in [0.4, 0.5) is 0 Å². The summed E-state index contributed by atoms with van der Waals surface area (Å²) in [6.45, 7) is 2.42. The summed E-state index contributed by atoms with van der Waals surface area (Å²) in [7, 11) is 0. The molecular weight excluding hydrogens is 364 g/mol. The van der Waals surface area contributed by atoms with E-state index in [9.17, 15) is 9.59 Å². The van der Waals surface area contributed by atoms with Crippen LogP contribution in [0.25, 0.3) is 10.9 Å². The Kier molecular flexibility index (Phi) is 5.89. The molecule has 0 spiro atoms. The van der Waals surface area contributed by atoms with Gasteiger partial charge in [0.05, 0.1) is 18.2 Å². The molecule has 6 heteroatoms. The standard InChI is InChI=1S/C23H26N4O2/c28-22-10-9-19(16-27(22)17-20-7-3-4-12-24-20)23(29)25-13-5-14-26-15-11-18-6-1-2-8-21(18)26/h1-4,6-8,11-12,15,19H,5,9-10,13-14,16-17H2,(H,25,29). The van der Waals surface area contributed by atoms with Crippen LogP contribution in [0, 0.1) is 5.92 Å². The summed E-state index contributed by atoms with van der Waals surface area (Å²) < 4.78 is 2.22. The van der Waals surface area contributed by atoms with Gasteiger partial charge in [0.1, 0.15) is 0 Å². The molecule has 29 heavy (non-hydrogen) atoms. The molecule has 3 heterocycles. The average molecular weight is 390 g/mol. The summed E-state index contributed by atoms with van der Waals surface area (Å²) in [5.41, 5.74) is 2.07. The van der Waals surface area contributed by atoms with Crippen molar-refractivity contribution in [2.24, 2.45) is 5.92 Å². The van der Waals surface area contributed by atoms with E-state index in [1.54, 1.807) is 11.1 Å². The van der Waals surface area contributed by atoms with Crippen LogP contribution in [0.3, 0.4) is 0 Å². The van der Waals surface area contributed by atoms with Gasteiger partial charge in [-0.05, 0) is 42.5 Å². The van der Waals surface area contributed by atoms with Gasteiger partial charge < -0.3 is 14.8 Å². The maximum Gasteiger partial charge on any atom is 0.224 e. The van der Waals surface area contributed by atoms with Gasteiger partial charge in [0.25, 0.3) is 0 Å². The molecule has 2 amide bonds. The highest BCUT2D eigenvalue weighted by molar-refractivity contribution is 5.83. The molecule has 1 N–H and O–H groups in total. The molecule has 1 unspecified atom stereocenters. The zero-order valence-electron chi connectivity index (χ0n) is 16.5. The molecular formula is C23H26N4O2. The van der Waals surface area contributed by atoms with E-state index in [0.717, 1.165) is 18.7 Å². The number of hydrogen-bond donors (Lipinski definition) is 1. The first-order valence-electron chi connectivity index (χ1n) is 10.2. The number of nitrogens with zero attached hydrogens (tertiary/aromatic N) is 3. The van der Waals surface area contributed by atoms with Crippen molar-refractivity contribution in [3.8, 4) is 0 Å². The first-order chi connectivity index (χ1) is 14.2. The number of amides is 2. The Morgan fingerprint density at radius 1 is 1.14 bits per heavy atom. The number of carbonyl (C=O) groups is 2. The SMILES string of the molecule is O=C(NCCCn1ccc2ccccc21)C1CCC(=O)N(Cc2ccccn2)C1. The molecule has 0 bridgehead atoms. The number of benzene rings is 1. The summed E-state index contributed by atoms with van der Waals surface area (Å²) in [4.78, 5) is 30.9. The number of aromatic nitrogens is 2. The van der Waals surface area contributed by atoms with E-state index in [-0.39, 0.29) is 17.7 Å². The maximum absolute atomic E-state index is 12.6. The first kappa shape index (κ1) is 19.2. The number of piperidine rings is 1. The number of nitrogens with one attached hydrogen (secondary N) is 1. The van der Waals surface area contributed by atoms with Gasteiger partial charge in [-0.2, -0.15) is 0 Å². The van der Waals surface area contributed by atoms with Crippen molar-refractivity contribution < 1.29 is 9.59 Å². The Morgan fingerprint density at radius 3 is 2.86 bits per heavy atom. The van der Waals surface area contributed by atoms with Crippen LogP contribution in [0.5, 0.6) is 0 Å². The van der Waals surface area contributed by atoms with Crippen molar-refractivity contribution in [2.45, 2.75) is 32.4 Å². The van der Waals surface area contributed by atoms with Crippen molar-refractivity contribution in [3.63, 3.8) is 0 Å². The highest BCUT2D eigenvalue weighted by Crippen LogP contribution is 2.20. The summed E-state index contributed by atoms with van der Waals surface area (Å²) >= 11 is 0. The summed E-state index contributed by atoms with van der Waals surface area (Å²) in [6, 6.07) is 16.1. The fourth-order valence-electron chi connectivity index (χ4n) is 3.91. The number of hydrogen-bond acceptors (Lipinski definition) is 3. The van der Waals surface area contributed by atoms with Gasteiger partial charge in [-0.3, -0.25) is 14.6 Å². The number of aryl methyl sites for hydroxylation is 1. The van der Waals surface area contributed by atoms with Gasteiger partial charge in [-0.25, -0.2) is 0 Å². The van der Waals surface area contributed by atoms with Gasteiger partial charge in [-0.15, -0.1) is 0 Å². The smallest absolute Gasteiger partial charge is 0.224 e. The van der Waals surface area contributed by atoms with E-state index in [2.05, 4.69) is 39.3 Å². The van der Waals surface area contributed by atoms with Crippen molar-refractivity contribution in [1.29, 1.82) is 0 Å². The molecule has 1 saturated heterocycles. The molecule has 1 fully saturated rings. The third-order valence-electron chi connectivity index (χ3n) is 5.51. The van der Waals surface area contributed by atoms with Gasteiger partial charge in [0.2, 0.25) is 11.8 Å². The lowest BCUT2D eigenvalue weighted by Gasteiger charge is -2.31. The zero-order valence-corrected chi connectivity index (χ0v) is 16.5. The summed E-state index contributed by atoms with van der Waals surface area (Å²) in [5, 5.41) is 4.29. The van der Waals surface area contributed by atoms with Gasteiger partial charge in [0.15, 0.2) is 0 Å². The summed E-state index contributed by atoms with van der Waals surface area (Å²) in [5.74, 6) is -0.0103. The molecule has 6 nitrogen and oxygen atoms in total. The van der Waals surface area contributed by atoms with Crippen molar-refractivity contribution in [2.75, 3.05) is 13.1 Å². The molecule has 0 saturated carbocycles. The Labute approximate surface area is 170 Å². The topological polar surface area (TPSA) is 67.2 Å². The molecule has 1 atom stereocenters. The second-order valence-corrected chi connectivity index (χ2v) is 7.54. The zero-order chi connectivity index (χ0) is 20.1. The molecule has 3 aromatic rings. The van der Waals surface area contributed by atoms with Crippen LogP contribution < -0.4 is 5.32 Å². The molecule has 0 radical (unpaired) electrons. The van der Waals surface area contributed by atoms with Gasteiger partial charge >= 0.3 is 0 Å². The molecule has 1 aliphatic heterocycles. The lowest BCUT2D eigenvalue weighted by molar-refractivity contribution is -0.139. The minimum atomic E-state index is -0.149. The normalized spacial score (nSPS) is 16.9. The third-order valence-corrected chi connectivity index (χ3v) is 5.51. The number of pyridine rings is 1. The first-order valence-corrected chi connectivity index (χ1v) is 10.2. The van der Waals surface area contributed by atoms with Crippen LogP contribution >= 0.6 is 0 Å². The number of para-hydroxylation sites is 1. The minimum Gasteiger partial charge on any atom is -0.356 e. The van der Waals surface area contributed by atoms with Crippen molar-refractivity contribution in [3.05, 3.63) is 66.6 Å². The van der Waals surface area contributed by atoms with Crippen LogP contribution in [0.15, 0.2) is 60.9 Å². The second-order valence-electron chi connectivity index (χ2n) is 7.54. The van der Waals surface area contributed by atoms with Crippen LogP contribution in [0.1, 0.15) is 25.0 Å². The van der Waals surface area contributed by atoms with E-state index in [0.29, 0.717) is 32.5 Å². The van der Waals surface area contributed by atoms with E-state index in [1.165, 1.54) is 10.9 Å². The van der Waals surface area contributed by atoms with E-state index in [1.807, 2.05) is 30.3 Å². The molecule has 0 aliphatic carbocycles. The van der Waals surface area contributed by atoms with E-state index < -0.39 is 0 Å². The van der Waals surface area contributed by atoms with Crippen LogP contribution in [0.2, 0.25) is 0 Å². The number of rotatable bonds is 7.